The van der Waals surface area contributed by atoms with Crippen molar-refractivity contribution >= 4 is 58.5 Å². The van der Waals surface area contributed by atoms with E-state index in [9.17, 15) is 0 Å². The van der Waals surface area contributed by atoms with Crippen LogP contribution in [0.5, 0.6) is 17.2 Å². The summed E-state index contributed by atoms with van der Waals surface area (Å²) < 4.78 is 25.8. The van der Waals surface area contributed by atoms with Crippen LogP contribution >= 0.6 is 58.5 Å². The first-order chi connectivity index (χ1) is 14.6. The molecule has 6 nitrogen and oxygen atoms in total. The van der Waals surface area contributed by atoms with Gasteiger partial charge >= 0.3 is 16.1 Å². The van der Waals surface area contributed by atoms with E-state index in [1.54, 1.807) is 24.3 Å². The van der Waals surface area contributed by atoms with Crippen LogP contribution in [0.25, 0.3) is 0 Å². The second kappa shape index (κ2) is 10.0. The van der Waals surface area contributed by atoms with Gasteiger partial charge in [0.1, 0.15) is 17.2 Å². The first kappa shape index (κ1) is 22.1. The molecule has 1 aliphatic rings. The van der Waals surface area contributed by atoms with E-state index < -0.39 is 23.7 Å². The molecule has 0 aromatic heterocycles. The molecule has 4 rings (SSSR count). The van der Waals surface area contributed by atoms with Gasteiger partial charge in [-0.25, -0.2) is 0 Å². The SMILES string of the molecule is ClN1P(Oc2ccccc2)N=P(Oc2ccccc2)(Oc2ccccc2)N(Cl)P1Cl. The molecular formula is C18H15Cl3N3O3P3. The molecule has 3 aromatic rings. The minimum Gasteiger partial charge on any atom is -0.438 e. The monoisotopic (exact) mass is 519 g/mol. The zero-order chi connectivity index (χ0) is 21.0. The topological polar surface area (TPSA) is 46.5 Å². The molecule has 30 heavy (non-hydrogen) atoms. The van der Waals surface area contributed by atoms with Gasteiger partial charge in [-0.05, 0) is 60.0 Å². The Bertz CT molecular complexity index is 976. The van der Waals surface area contributed by atoms with Gasteiger partial charge in [-0.2, -0.15) is 0 Å². The molecule has 0 saturated carbocycles. The van der Waals surface area contributed by atoms with Crippen molar-refractivity contribution in [3.8, 4) is 17.2 Å². The molecule has 2 unspecified atom stereocenters. The normalized spacial score (nSPS) is 21.4. The van der Waals surface area contributed by atoms with Gasteiger partial charge in [-0.3, -0.25) is 0 Å². The Balaban J connectivity index is 1.78. The highest BCUT2D eigenvalue weighted by atomic mass is 35.7. The zero-order valence-corrected chi connectivity index (χ0v) is 20.2. The number of rotatable bonds is 6. The molecule has 0 spiro atoms. The van der Waals surface area contributed by atoms with E-state index in [1.165, 1.54) is 7.92 Å². The lowest BCUT2D eigenvalue weighted by atomic mass is 10.3. The average molecular weight is 521 g/mol. The van der Waals surface area contributed by atoms with Crippen LogP contribution < -0.4 is 13.6 Å². The highest BCUT2D eigenvalue weighted by Gasteiger charge is 2.50. The highest BCUT2D eigenvalue weighted by molar-refractivity contribution is 7.94. The van der Waals surface area contributed by atoms with Crippen LogP contribution in [-0.2, 0) is 0 Å². The number of para-hydroxylation sites is 3. The van der Waals surface area contributed by atoms with E-state index in [0.29, 0.717) is 17.2 Å². The van der Waals surface area contributed by atoms with Gasteiger partial charge < -0.3 is 13.6 Å². The summed E-state index contributed by atoms with van der Waals surface area (Å²) in [5.74, 6) is 1.67. The Morgan fingerprint density at radius 3 is 1.60 bits per heavy atom. The Morgan fingerprint density at radius 1 is 0.700 bits per heavy atom. The Kier molecular flexibility index (Phi) is 7.41. The highest BCUT2D eigenvalue weighted by Crippen LogP contribution is 2.80. The van der Waals surface area contributed by atoms with Crippen LogP contribution in [0.3, 0.4) is 0 Å². The lowest BCUT2D eigenvalue weighted by Crippen LogP contribution is -2.20. The Labute approximate surface area is 192 Å². The predicted octanol–water partition coefficient (Wildman–Crippen LogP) is 8.79. The third-order valence-corrected chi connectivity index (χ3v) is 13.7. The lowest BCUT2D eigenvalue weighted by Gasteiger charge is -2.39. The summed E-state index contributed by atoms with van der Waals surface area (Å²) in [6, 6.07) is 27.5. The summed E-state index contributed by atoms with van der Waals surface area (Å²) in [6.45, 7) is 0. The molecule has 0 N–H and O–H groups in total. The molecule has 0 radical (unpaired) electrons. The van der Waals surface area contributed by atoms with Crippen LogP contribution in [0.2, 0.25) is 0 Å². The maximum Gasteiger partial charge on any atom is 0.425 e. The van der Waals surface area contributed by atoms with E-state index in [1.807, 2.05) is 66.7 Å². The molecule has 0 bridgehead atoms. The minimum absolute atomic E-state index is 0.536. The van der Waals surface area contributed by atoms with Crippen LogP contribution in [0.4, 0.5) is 0 Å². The standard InChI is InChI=1S/C18H15Cl3N3O3P3/c19-23-28(21)24(20)30(26-17-12-6-2-7-13-17,27-18-14-8-3-9-15-18)22-29(23)25-16-10-4-1-5-11-16/h1-15H. The van der Waals surface area contributed by atoms with Crippen LogP contribution in [-0.4, -0.2) is 7.92 Å². The number of nitrogens with zero attached hydrogens (tertiary/aromatic N) is 3. The quantitative estimate of drug-likeness (QED) is 0.240. The molecule has 3 aromatic carbocycles. The van der Waals surface area contributed by atoms with Gasteiger partial charge in [0.2, 0.25) is 0 Å². The first-order valence-electron chi connectivity index (χ1n) is 8.60. The molecule has 2 atom stereocenters. The third kappa shape index (κ3) is 5.05. The third-order valence-electron chi connectivity index (χ3n) is 3.68. The summed E-state index contributed by atoms with van der Waals surface area (Å²) >= 11 is 19.6. The van der Waals surface area contributed by atoms with Crippen molar-refractivity contribution in [2.45, 2.75) is 0 Å². The molecule has 1 heterocycles. The molecule has 156 valence electrons. The molecule has 12 heteroatoms. The van der Waals surface area contributed by atoms with Crippen molar-refractivity contribution in [3.05, 3.63) is 91.0 Å². The summed E-state index contributed by atoms with van der Waals surface area (Å²) in [7, 11) is -6.83. The van der Waals surface area contributed by atoms with E-state index in [2.05, 4.69) is 0 Å². The van der Waals surface area contributed by atoms with Crippen LogP contribution in [0.15, 0.2) is 95.5 Å². The Hall–Kier alpha value is -1.06. The van der Waals surface area contributed by atoms with Crippen molar-refractivity contribution in [3.63, 3.8) is 0 Å². The van der Waals surface area contributed by atoms with Gasteiger partial charge in [-0.1, -0.05) is 73.8 Å². The molecule has 1 aliphatic heterocycles. The Morgan fingerprint density at radius 2 is 1.13 bits per heavy atom. The maximum atomic E-state index is 6.62. The number of halogens is 3. The summed E-state index contributed by atoms with van der Waals surface area (Å²) in [5, 5.41) is 0. The molecule has 0 saturated heterocycles. The fourth-order valence-corrected chi connectivity index (χ4v) is 11.4. The molecular weight excluding hydrogens is 505 g/mol. The summed E-state index contributed by atoms with van der Waals surface area (Å²) in [5.41, 5.74) is 0. The fraction of sp³-hybridized carbons (Fsp3) is 0. The van der Waals surface area contributed by atoms with E-state index in [0.717, 1.165) is 0 Å². The second-order valence-electron chi connectivity index (χ2n) is 5.77. The first-order valence-corrected chi connectivity index (χ1v) is 14.1. The van der Waals surface area contributed by atoms with Gasteiger partial charge in [-0.15, -0.1) is 4.52 Å². The van der Waals surface area contributed by atoms with E-state index >= 15 is 0 Å². The smallest absolute Gasteiger partial charge is 0.425 e. The molecule has 0 fully saturated rings. The van der Waals surface area contributed by atoms with Gasteiger partial charge in [0, 0.05) is 0 Å². The van der Waals surface area contributed by atoms with Crippen LogP contribution in [0.1, 0.15) is 0 Å². The lowest BCUT2D eigenvalue weighted by molar-refractivity contribution is 0.449. The van der Waals surface area contributed by atoms with Crippen LogP contribution in [0, 0.1) is 0 Å². The van der Waals surface area contributed by atoms with Crippen molar-refractivity contribution in [1.29, 1.82) is 0 Å². The summed E-state index contributed by atoms with van der Waals surface area (Å²) in [6.07, 6.45) is 0. The van der Waals surface area contributed by atoms with Gasteiger partial charge in [0.15, 0.2) is 7.58 Å². The molecule has 0 aliphatic carbocycles. The van der Waals surface area contributed by atoms with Crippen molar-refractivity contribution in [2.75, 3.05) is 0 Å². The van der Waals surface area contributed by atoms with Crippen molar-refractivity contribution in [2.24, 2.45) is 4.52 Å². The van der Waals surface area contributed by atoms with Gasteiger partial charge in [0.25, 0.3) is 0 Å². The predicted molar refractivity (Wildman–Crippen MR) is 126 cm³/mol. The van der Waals surface area contributed by atoms with Gasteiger partial charge in [0.05, 0.1) is 0 Å². The average Bonchev–Trinajstić information content (AvgIpc) is 2.78. The summed E-state index contributed by atoms with van der Waals surface area (Å²) in [4.78, 5) is 0. The fourth-order valence-electron chi connectivity index (χ4n) is 2.37. The number of benzene rings is 3. The number of hydrogen-bond acceptors (Lipinski definition) is 6. The molecule has 0 amide bonds. The number of hydrogen-bond donors (Lipinski definition) is 0. The minimum atomic E-state index is -3.31. The largest absolute Gasteiger partial charge is 0.438 e. The maximum absolute atomic E-state index is 6.62. The zero-order valence-electron chi connectivity index (χ0n) is 15.2. The van der Waals surface area contributed by atoms with E-state index in [-0.39, 0.29) is 0 Å². The van der Waals surface area contributed by atoms with Crippen molar-refractivity contribution in [1.82, 2.24) is 7.92 Å². The second-order valence-corrected chi connectivity index (χ2v) is 13.8. The van der Waals surface area contributed by atoms with E-state index in [4.69, 9.17) is 52.9 Å². The van der Waals surface area contributed by atoms with Crippen molar-refractivity contribution < 1.29 is 13.6 Å².